The summed E-state index contributed by atoms with van der Waals surface area (Å²) in [4.78, 5) is 0. The molecule has 1 aromatic carbocycles. The molecular formula is C9H11BrFN. The molecule has 12 heavy (non-hydrogen) atoms. The lowest BCUT2D eigenvalue weighted by Gasteiger charge is -2.08. The molecule has 66 valence electrons. The van der Waals surface area contributed by atoms with Crippen molar-refractivity contribution < 1.29 is 4.39 Å². The SMILES string of the molecule is Cc1ccc([C@H](N)CF)cc1Br. The molecule has 0 unspecified atom stereocenters. The van der Waals surface area contributed by atoms with Crippen molar-refractivity contribution in [2.75, 3.05) is 6.67 Å². The molecule has 1 atom stereocenters. The minimum absolute atomic E-state index is 0.498. The highest BCUT2D eigenvalue weighted by Crippen LogP contribution is 2.20. The van der Waals surface area contributed by atoms with Crippen molar-refractivity contribution in [2.45, 2.75) is 13.0 Å². The van der Waals surface area contributed by atoms with E-state index in [4.69, 9.17) is 5.73 Å². The van der Waals surface area contributed by atoms with Gasteiger partial charge in [-0.15, -0.1) is 0 Å². The Bertz CT molecular complexity index is 275. The Hall–Kier alpha value is -0.410. The van der Waals surface area contributed by atoms with Gasteiger partial charge in [-0.05, 0) is 24.1 Å². The topological polar surface area (TPSA) is 26.0 Å². The van der Waals surface area contributed by atoms with Crippen molar-refractivity contribution in [3.05, 3.63) is 33.8 Å². The van der Waals surface area contributed by atoms with Gasteiger partial charge in [-0.25, -0.2) is 4.39 Å². The maximum absolute atomic E-state index is 12.2. The molecule has 0 fully saturated rings. The quantitative estimate of drug-likeness (QED) is 0.833. The van der Waals surface area contributed by atoms with E-state index in [1.165, 1.54) is 0 Å². The second-order valence-electron chi connectivity index (χ2n) is 2.77. The molecule has 0 aromatic heterocycles. The lowest BCUT2D eigenvalue weighted by Crippen LogP contribution is -2.11. The van der Waals surface area contributed by atoms with E-state index >= 15 is 0 Å². The van der Waals surface area contributed by atoms with Crippen LogP contribution in [0.5, 0.6) is 0 Å². The normalized spacial score (nSPS) is 13.0. The van der Waals surface area contributed by atoms with Gasteiger partial charge in [-0.1, -0.05) is 28.1 Å². The van der Waals surface area contributed by atoms with Crippen LogP contribution in [-0.2, 0) is 0 Å². The number of alkyl halides is 1. The number of hydrogen-bond donors (Lipinski definition) is 1. The Morgan fingerprint density at radius 2 is 2.25 bits per heavy atom. The minimum Gasteiger partial charge on any atom is -0.322 e. The fourth-order valence-electron chi connectivity index (χ4n) is 0.929. The van der Waals surface area contributed by atoms with Gasteiger partial charge in [-0.2, -0.15) is 0 Å². The van der Waals surface area contributed by atoms with Crippen LogP contribution >= 0.6 is 15.9 Å². The third-order valence-electron chi connectivity index (χ3n) is 1.79. The molecule has 3 heteroatoms. The predicted molar refractivity (Wildman–Crippen MR) is 51.8 cm³/mol. The second-order valence-corrected chi connectivity index (χ2v) is 3.62. The summed E-state index contributed by atoms with van der Waals surface area (Å²) in [6, 6.07) is 5.14. The van der Waals surface area contributed by atoms with Gasteiger partial charge in [-0.3, -0.25) is 0 Å². The second kappa shape index (κ2) is 4.01. The molecule has 1 aromatic rings. The summed E-state index contributed by atoms with van der Waals surface area (Å²) >= 11 is 3.37. The molecule has 0 aliphatic rings. The van der Waals surface area contributed by atoms with Gasteiger partial charge in [0.05, 0.1) is 6.04 Å². The molecule has 0 radical (unpaired) electrons. The monoisotopic (exact) mass is 231 g/mol. The largest absolute Gasteiger partial charge is 0.322 e. The van der Waals surface area contributed by atoms with Gasteiger partial charge in [0.1, 0.15) is 6.67 Å². The zero-order chi connectivity index (χ0) is 9.14. The molecule has 1 nitrogen and oxygen atoms in total. The summed E-state index contributed by atoms with van der Waals surface area (Å²) in [6.07, 6.45) is 0. The van der Waals surface area contributed by atoms with Crippen molar-refractivity contribution in [1.29, 1.82) is 0 Å². The Balaban J connectivity index is 2.96. The highest BCUT2D eigenvalue weighted by Gasteiger charge is 2.05. The van der Waals surface area contributed by atoms with Crippen LogP contribution in [0.25, 0.3) is 0 Å². The lowest BCUT2D eigenvalue weighted by molar-refractivity contribution is 0.437. The molecule has 0 spiro atoms. The third kappa shape index (κ3) is 2.05. The summed E-state index contributed by atoms with van der Waals surface area (Å²) in [5.74, 6) is 0. The molecule has 0 aliphatic carbocycles. The van der Waals surface area contributed by atoms with Crippen molar-refractivity contribution in [2.24, 2.45) is 5.73 Å². The third-order valence-corrected chi connectivity index (χ3v) is 2.64. The van der Waals surface area contributed by atoms with Gasteiger partial charge in [0.15, 0.2) is 0 Å². The molecule has 0 saturated carbocycles. The molecule has 0 saturated heterocycles. The van der Waals surface area contributed by atoms with Crippen LogP contribution in [0.2, 0.25) is 0 Å². The summed E-state index contributed by atoms with van der Waals surface area (Å²) < 4.78 is 13.1. The first-order valence-corrected chi connectivity index (χ1v) is 4.52. The van der Waals surface area contributed by atoms with Gasteiger partial charge >= 0.3 is 0 Å². The van der Waals surface area contributed by atoms with Crippen molar-refractivity contribution in [1.82, 2.24) is 0 Å². The van der Waals surface area contributed by atoms with Crippen LogP contribution < -0.4 is 5.73 Å². The number of nitrogens with two attached hydrogens (primary N) is 1. The van der Waals surface area contributed by atoms with E-state index in [-0.39, 0.29) is 0 Å². The Labute approximate surface area is 79.9 Å². The molecule has 0 heterocycles. The van der Waals surface area contributed by atoms with Crippen LogP contribution in [0.4, 0.5) is 4.39 Å². The van der Waals surface area contributed by atoms with Gasteiger partial charge in [0.2, 0.25) is 0 Å². The zero-order valence-electron chi connectivity index (χ0n) is 6.85. The molecular weight excluding hydrogens is 221 g/mol. The number of halogens is 2. The van der Waals surface area contributed by atoms with E-state index in [1.54, 1.807) is 0 Å². The minimum atomic E-state index is -0.518. The Morgan fingerprint density at radius 1 is 1.58 bits per heavy atom. The van der Waals surface area contributed by atoms with E-state index in [0.717, 1.165) is 15.6 Å². The van der Waals surface area contributed by atoms with Crippen molar-refractivity contribution in [3.8, 4) is 0 Å². The fraction of sp³-hybridized carbons (Fsp3) is 0.333. The maximum atomic E-state index is 12.2. The summed E-state index contributed by atoms with van der Waals surface area (Å²) in [7, 11) is 0. The number of rotatable bonds is 2. The van der Waals surface area contributed by atoms with Gasteiger partial charge < -0.3 is 5.73 Å². The average Bonchev–Trinajstić information content (AvgIpc) is 2.08. The molecule has 0 bridgehead atoms. The first-order valence-electron chi connectivity index (χ1n) is 3.72. The molecule has 0 aliphatic heterocycles. The summed E-state index contributed by atoms with van der Waals surface area (Å²) in [6.45, 7) is 1.46. The van der Waals surface area contributed by atoms with Gasteiger partial charge in [0, 0.05) is 4.47 Å². The van der Waals surface area contributed by atoms with E-state index in [2.05, 4.69) is 15.9 Å². The Morgan fingerprint density at radius 3 is 2.75 bits per heavy atom. The summed E-state index contributed by atoms with van der Waals surface area (Å²) in [5.41, 5.74) is 7.48. The molecule has 2 N–H and O–H groups in total. The lowest BCUT2D eigenvalue weighted by atomic mass is 10.1. The average molecular weight is 232 g/mol. The first-order chi connectivity index (χ1) is 5.65. The van der Waals surface area contributed by atoms with E-state index in [0.29, 0.717) is 0 Å². The number of hydrogen-bond acceptors (Lipinski definition) is 1. The van der Waals surface area contributed by atoms with Crippen LogP contribution in [0.1, 0.15) is 17.2 Å². The highest BCUT2D eigenvalue weighted by atomic mass is 79.9. The first kappa shape index (κ1) is 9.68. The van der Waals surface area contributed by atoms with Crippen LogP contribution in [0, 0.1) is 6.92 Å². The standard InChI is InChI=1S/C9H11BrFN/c1-6-2-3-7(4-8(6)10)9(12)5-11/h2-4,9H,5,12H2,1H3/t9-/m1/s1. The van der Waals surface area contributed by atoms with Gasteiger partial charge in [0.25, 0.3) is 0 Å². The zero-order valence-corrected chi connectivity index (χ0v) is 8.44. The molecule has 1 rings (SSSR count). The fourth-order valence-corrected chi connectivity index (χ4v) is 1.33. The van der Waals surface area contributed by atoms with Crippen LogP contribution in [-0.4, -0.2) is 6.67 Å². The number of aryl methyl sites for hydroxylation is 1. The smallest absolute Gasteiger partial charge is 0.109 e. The predicted octanol–water partition coefficient (Wildman–Crippen LogP) is 2.73. The summed E-state index contributed by atoms with van der Waals surface area (Å²) in [5, 5.41) is 0. The van der Waals surface area contributed by atoms with E-state index in [1.807, 2.05) is 25.1 Å². The van der Waals surface area contributed by atoms with E-state index in [9.17, 15) is 4.39 Å². The van der Waals surface area contributed by atoms with E-state index < -0.39 is 12.7 Å². The maximum Gasteiger partial charge on any atom is 0.109 e. The molecule has 0 amide bonds. The van der Waals surface area contributed by atoms with Crippen LogP contribution in [0.3, 0.4) is 0 Å². The highest BCUT2D eigenvalue weighted by molar-refractivity contribution is 9.10. The number of benzene rings is 1. The Kier molecular flexibility index (Phi) is 3.23. The van der Waals surface area contributed by atoms with Crippen LogP contribution in [0.15, 0.2) is 22.7 Å². The van der Waals surface area contributed by atoms with Crippen molar-refractivity contribution in [3.63, 3.8) is 0 Å². The van der Waals surface area contributed by atoms with Crippen molar-refractivity contribution >= 4 is 15.9 Å².